The molecule has 2 aliphatic rings. The molecule has 0 bridgehead atoms. The molecule has 2 N–H and O–H groups in total. The van der Waals surface area contributed by atoms with Crippen molar-refractivity contribution in [2.24, 2.45) is 12.8 Å². The van der Waals surface area contributed by atoms with Crippen molar-refractivity contribution in [3.8, 4) is 0 Å². The Labute approximate surface area is 237 Å². The smallest absolute Gasteiger partial charge is 0.410 e. The monoisotopic (exact) mass is 567 g/mol. The molecule has 1 aromatic heterocycles. The summed E-state index contributed by atoms with van der Waals surface area (Å²) in [4.78, 5) is 41.6. The minimum atomic E-state index is -0.834. The predicted octanol–water partition coefficient (Wildman–Crippen LogP) is 3.25. The lowest BCUT2D eigenvalue weighted by atomic mass is 9.98. The third kappa shape index (κ3) is 6.29. The standard InChI is InChI=1S/C29H34ClN5O5/c1-33-26-21(4-2-3-5-23-18-40-29(38)35(23)17-19-6-8-22(30)9-7-19)14-20(16-34-10-12-39-13-11-34)15-24(26)27(36)25(32-33)28(31)37/h6-9,14-15,23H,2-5,10-13,16-18H2,1H3,(H2,31,37)/t23-/m1/s1. The molecule has 0 radical (unpaired) electrons. The number of primary amides is 1. The number of amides is 2. The van der Waals surface area contributed by atoms with Gasteiger partial charge in [-0.1, -0.05) is 36.2 Å². The zero-order valence-corrected chi connectivity index (χ0v) is 23.4. The Bertz CT molecular complexity index is 1450. The molecule has 3 heterocycles. The molecule has 2 amide bonds. The van der Waals surface area contributed by atoms with Gasteiger partial charge in [-0.05, 0) is 54.2 Å². The molecule has 3 aromatic rings. The summed E-state index contributed by atoms with van der Waals surface area (Å²) < 4.78 is 12.4. The van der Waals surface area contributed by atoms with E-state index >= 15 is 0 Å². The van der Waals surface area contributed by atoms with Crippen LogP contribution in [-0.2, 0) is 36.0 Å². The molecule has 10 nitrogen and oxygen atoms in total. The number of ether oxygens (including phenoxy) is 2. The van der Waals surface area contributed by atoms with Gasteiger partial charge in [0.25, 0.3) is 5.91 Å². The molecule has 5 rings (SSSR count). The number of benzene rings is 2. The molecule has 0 spiro atoms. The Balaban J connectivity index is 1.31. The Morgan fingerprint density at radius 1 is 1.07 bits per heavy atom. The number of cyclic esters (lactones) is 1. The summed E-state index contributed by atoms with van der Waals surface area (Å²) in [7, 11) is 1.73. The van der Waals surface area contributed by atoms with Crippen LogP contribution in [0.5, 0.6) is 0 Å². The number of carbonyl (C=O) groups excluding carboxylic acids is 2. The van der Waals surface area contributed by atoms with Gasteiger partial charge < -0.3 is 15.2 Å². The number of halogens is 1. The number of unbranched alkanes of at least 4 members (excludes halogenated alkanes) is 1. The summed E-state index contributed by atoms with van der Waals surface area (Å²) in [5.41, 5.74) is 8.48. The molecular formula is C29H34ClN5O5. The Hall–Kier alpha value is -3.47. The molecule has 0 unspecified atom stereocenters. The van der Waals surface area contributed by atoms with Crippen molar-refractivity contribution in [2.75, 3.05) is 32.9 Å². The molecule has 212 valence electrons. The van der Waals surface area contributed by atoms with E-state index in [1.807, 2.05) is 30.3 Å². The number of fused-ring (bicyclic) bond motifs is 1. The Kier molecular flexibility index (Phi) is 8.68. The Morgan fingerprint density at radius 2 is 1.82 bits per heavy atom. The normalized spacial score (nSPS) is 17.9. The fraction of sp³-hybridized carbons (Fsp3) is 0.448. The number of rotatable bonds is 10. The van der Waals surface area contributed by atoms with E-state index in [0.717, 1.165) is 55.5 Å². The van der Waals surface area contributed by atoms with Crippen LogP contribution in [0.2, 0.25) is 5.02 Å². The summed E-state index contributed by atoms with van der Waals surface area (Å²) in [5, 5.41) is 5.31. The van der Waals surface area contributed by atoms with Crippen molar-refractivity contribution in [2.45, 2.75) is 44.8 Å². The number of nitrogens with two attached hydrogens (primary N) is 1. The average Bonchev–Trinajstić information content (AvgIpc) is 3.28. The average molecular weight is 568 g/mol. The van der Waals surface area contributed by atoms with Crippen LogP contribution < -0.4 is 11.2 Å². The first-order chi connectivity index (χ1) is 19.3. The highest BCUT2D eigenvalue weighted by Gasteiger charge is 2.32. The summed E-state index contributed by atoms with van der Waals surface area (Å²) >= 11 is 6.00. The van der Waals surface area contributed by atoms with Crippen LogP contribution in [0.4, 0.5) is 4.79 Å². The van der Waals surface area contributed by atoms with E-state index in [1.165, 1.54) is 0 Å². The Morgan fingerprint density at radius 3 is 2.55 bits per heavy atom. The number of aromatic nitrogens is 2. The van der Waals surface area contributed by atoms with Crippen molar-refractivity contribution in [3.05, 3.63) is 74.0 Å². The lowest BCUT2D eigenvalue weighted by Crippen LogP contribution is -2.35. The number of hydrogen-bond donors (Lipinski definition) is 1. The molecule has 2 aliphatic heterocycles. The molecule has 1 atom stereocenters. The van der Waals surface area contributed by atoms with Gasteiger partial charge >= 0.3 is 6.09 Å². The first-order valence-corrected chi connectivity index (χ1v) is 14.0. The second-order valence-electron chi connectivity index (χ2n) is 10.4. The van der Waals surface area contributed by atoms with Crippen molar-refractivity contribution >= 4 is 34.5 Å². The molecule has 0 saturated carbocycles. The second kappa shape index (κ2) is 12.4. The highest BCUT2D eigenvalue weighted by Crippen LogP contribution is 2.25. The summed E-state index contributed by atoms with van der Waals surface area (Å²) in [6.07, 6.45) is 2.94. The van der Waals surface area contributed by atoms with Crippen molar-refractivity contribution < 1.29 is 19.1 Å². The molecule has 0 aliphatic carbocycles. The lowest BCUT2D eigenvalue weighted by molar-refractivity contribution is 0.0342. The van der Waals surface area contributed by atoms with E-state index in [9.17, 15) is 14.4 Å². The van der Waals surface area contributed by atoms with Crippen LogP contribution in [0.1, 0.15) is 46.4 Å². The summed E-state index contributed by atoms with van der Waals surface area (Å²) in [6, 6.07) is 11.5. The van der Waals surface area contributed by atoms with Gasteiger partial charge in [0.05, 0.1) is 30.2 Å². The molecule has 2 fully saturated rings. The number of morpholine rings is 1. The molecule has 2 aromatic carbocycles. The van der Waals surface area contributed by atoms with Gasteiger partial charge in [0.2, 0.25) is 5.43 Å². The zero-order valence-electron chi connectivity index (χ0n) is 22.6. The molecule has 2 saturated heterocycles. The SMILES string of the molecule is Cn1nc(C(N)=O)c(=O)c2cc(CN3CCOCC3)cc(CCCC[C@@H]3COC(=O)N3Cc3ccc(Cl)cc3)c21. The van der Waals surface area contributed by atoms with Crippen molar-refractivity contribution in [1.82, 2.24) is 19.6 Å². The second-order valence-corrected chi connectivity index (χ2v) is 10.9. The van der Waals surface area contributed by atoms with E-state index in [1.54, 1.807) is 16.6 Å². The predicted molar refractivity (Wildman–Crippen MR) is 151 cm³/mol. The number of carbonyl (C=O) groups is 2. The van der Waals surface area contributed by atoms with Crippen LogP contribution in [0, 0.1) is 0 Å². The van der Waals surface area contributed by atoms with E-state index in [0.29, 0.717) is 48.8 Å². The minimum Gasteiger partial charge on any atom is -0.447 e. The van der Waals surface area contributed by atoms with Crippen LogP contribution in [-0.4, -0.2) is 70.5 Å². The molecule has 40 heavy (non-hydrogen) atoms. The lowest BCUT2D eigenvalue weighted by Gasteiger charge is -2.27. The fourth-order valence-electron chi connectivity index (χ4n) is 5.55. The van der Waals surface area contributed by atoms with Gasteiger partial charge in [-0.15, -0.1) is 0 Å². The van der Waals surface area contributed by atoms with Gasteiger partial charge in [0, 0.05) is 38.2 Å². The fourth-order valence-corrected chi connectivity index (χ4v) is 5.68. The quantitative estimate of drug-likeness (QED) is 0.373. The maximum Gasteiger partial charge on any atom is 0.410 e. The molecular weight excluding hydrogens is 534 g/mol. The van der Waals surface area contributed by atoms with E-state index in [2.05, 4.69) is 16.1 Å². The molecule has 11 heteroatoms. The first-order valence-electron chi connectivity index (χ1n) is 13.6. The zero-order chi connectivity index (χ0) is 28.2. The van der Waals surface area contributed by atoms with Gasteiger partial charge in [0.15, 0.2) is 5.69 Å². The largest absolute Gasteiger partial charge is 0.447 e. The highest BCUT2D eigenvalue weighted by molar-refractivity contribution is 6.30. The maximum atomic E-state index is 13.2. The van der Waals surface area contributed by atoms with Crippen molar-refractivity contribution in [3.63, 3.8) is 0 Å². The van der Waals surface area contributed by atoms with E-state index in [-0.39, 0.29) is 17.8 Å². The van der Waals surface area contributed by atoms with Crippen LogP contribution >= 0.6 is 11.6 Å². The van der Waals surface area contributed by atoms with Crippen LogP contribution in [0.15, 0.2) is 41.2 Å². The maximum absolute atomic E-state index is 13.2. The topological polar surface area (TPSA) is 120 Å². The third-order valence-electron chi connectivity index (χ3n) is 7.60. The number of hydrogen-bond acceptors (Lipinski definition) is 7. The first kappa shape index (κ1) is 28.1. The minimum absolute atomic E-state index is 0.00303. The highest BCUT2D eigenvalue weighted by atomic mass is 35.5. The summed E-state index contributed by atoms with van der Waals surface area (Å²) in [6.45, 7) is 4.54. The summed E-state index contributed by atoms with van der Waals surface area (Å²) in [5.74, 6) is -0.834. The van der Waals surface area contributed by atoms with Gasteiger partial charge in [-0.2, -0.15) is 5.10 Å². The van der Waals surface area contributed by atoms with Gasteiger partial charge in [0.1, 0.15) is 6.61 Å². The van der Waals surface area contributed by atoms with Gasteiger partial charge in [-0.25, -0.2) is 4.79 Å². The van der Waals surface area contributed by atoms with Crippen LogP contribution in [0.25, 0.3) is 10.9 Å². The van der Waals surface area contributed by atoms with Crippen molar-refractivity contribution in [1.29, 1.82) is 0 Å². The third-order valence-corrected chi connectivity index (χ3v) is 7.85. The number of nitrogens with zero attached hydrogens (tertiary/aromatic N) is 4. The van der Waals surface area contributed by atoms with Gasteiger partial charge in [-0.3, -0.25) is 24.1 Å². The van der Waals surface area contributed by atoms with E-state index in [4.69, 9.17) is 26.8 Å². The van der Waals surface area contributed by atoms with Crippen LogP contribution in [0.3, 0.4) is 0 Å². The number of aryl methyl sites for hydroxylation is 2. The van der Waals surface area contributed by atoms with E-state index < -0.39 is 11.3 Å².